The molecule has 0 amide bonds. The highest BCUT2D eigenvalue weighted by Crippen LogP contribution is 2.21. The summed E-state index contributed by atoms with van der Waals surface area (Å²) in [5.74, 6) is 1.38. The Bertz CT molecular complexity index is 721. The first kappa shape index (κ1) is 21.4. The molecule has 4 heteroatoms. The zero-order valence-corrected chi connectivity index (χ0v) is 16.4. The molecule has 0 saturated heterocycles. The van der Waals surface area contributed by atoms with Crippen molar-refractivity contribution in [1.82, 2.24) is 0 Å². The molecule has 26 heavy (non-hydrogen) atoms. The van der Waals surface area contributed by atoms with E-state index in [0.717, 1.165) is 18.3 Å². The van der Waals surface area contributed by atoms with Crippen LogP contribution in [0.2, 0.25) is 0 Å². The number of hydrogen-bond acceptors (Lipinski definition) is 4. The predicted octanol–water partition coefficient (Wildman–Crippen LogP) is 5.35. The van der Waals surface area contributed by atoms with Gasteiger partial charge in [-0.05, 0) is 65.8 Å². The van der Waals surface area contributed by atoms with Crippen molar-refractivity contribution in [1.29, 1.82) is 0 Å². The largest absolute Gasteiger partial charge is 0.488 e. The second-order valence-electron chi connectivity index (χ2n) is 7.77. The van der Waals surface area contributed by atoms with Gasteiger partial charge in [0.1, 0.15) is 29.0 Å². The van der Waals surface area contributed by atoms with Crippen LogP contribution in [0, 0.1) is 0 Å². The molecule has 4 nitrogen and oxygen atoms in total. The lowest BCUT2D eigenvalue weighted by Gasteiger charge is -2.22. The van der Waals surface area contributed by atoms with Gasteiger partial charge in [0, 0.05) is 5.56 Å². The second-order valence-corrected chi connectivity index (χ2v) is 7.77. The standard InChI is InChI=1S/2C11H14O2/c1-11(2,3)13-10-6-4-5-9(7-10)8-12;1-11(2,3)13-10-7-5-4-6-9(10)8-12/h2*4-8H,1-3H3. The highest BCUT2D eigenvalue weighted by Gasteiger charge is 2.13. The van der Waals surface area contributed by atoms with E-state index in [1.54, 1.807) is 24.3 Å². The molecular formula is C22H28O4. The van der Waals surface area contributed by atoms with E-state index in [0.29, 0.717) is 16.9 Å². The molecule has 0 fully saturated rings. The second kappa shape index (κ2) is 9.18. The van der Waals surface area contributed by atoms with Crippen molar-refractivity contribution in [2.45, 2.75) is 52.7 Å². The van der Waals surface area contributed by atoms with Crippen molar-refractivity contribution in [2.24, 2.45) is 0 Å². The highest BCUT2D eigenvalue weighted by atomic mass is 16.5. The number of ether oxygens (including phenoxy) is 2. The molecule has 0 aromatic heterocycles. The van der Waals surface area contributed by atoms with Crippen molar-refractivity contribution in [2.75, 3.05) is 0 Å². The Balaban J connectivity index is 0.000000260. The van der Waals surface area contributed by atoms with Gasteiger partial charge >= 0.3 is 0 Å². The maximum Gasteiger partial charge on any atom is 0.153 e. The summed E-state index contributed by atoms with van der Waals surface area (Å²) in [5, 5.41) is 0. The Morgan fingerprint density at radius 3 is 1.88 bits per heavy atom. The molecule has 2 rings (SSSR count). The van der Waals surface area contributed by atoms with Crippen molar-refractivity contribution in [3.8, 4) is 11.5 Å². The highest BCUT2D eigenvalue weighted by molar-refractivity contribution is 5.79. The van der Waals surface area contributed by atoms with E-state index in [1.165, 1.54) is 0 Å². The van der Waals surface area contributed by atoms with Crippen LogP contribution in [0.5, 0.6) is 11.5 Å². The van der Waals surface area contributed by atoms with Crippen molar-refractivity contribution in [3.05, 3.63) is 59.7 Å². The predicted molar refractivity (Wildman–Crippen MR) is 104 cm³/mol. The quantitative estimate of drug-likeness (QED) is 0.693. The van der Waals surface area contributed by atoms with Crippen LogP contribution in [0.3, 0.4) is 0 Å². The first-order valence-electron chi connectivity index (χ1n) is 8.51. The van der Waals surface area contributed by atoms with Crippen LogP contribution >= 0.6 is 0 Å². The van der Waals surface area contributed by atoms with E-state index in [9.17, 15) is 9.59 Å². The first-order valence-corrected chi connectivity index (χ1v) is 8.51. The fourth-order valence-electron chi connectivity index (χ4n) is 2.01. The van der Waals surface area contributed by atoms with E-state index >= 15 is 0 Å². The van der Waals surface area contributed by atoms with Crippen LogP contribution in [-0.2, 0) is 0 Å². The third-order valence-electron chi connectivity index (χ3n) is 2.88. The third-order valence-corrected chi connectivity index (χ3v) is 2.88. The fraction of sp³-hybridized carbons (Fsp3) is 0.364. The molecule has 2 aromatic rings. The summed E-state index contributed by atoms with van der Waals surface area (Å²) >= 11 is 0. The van der Waals surface area contributed by atoms with E-state index < -0.39 is 0 Å². The zero-order chi connectivity index (χ0) is 19.8. The number of para-hydroxylation sites is 1. The molecule has 0 aliphatic rings. The Morgan fingerprint density at radius 2 is 1.35 bits per heavy atom. The van der Waals surface area contributed by atoms with Crippen LogP contribution < -0.4 is 9.47 Å². The van der Waals surface area contributed by atoms with Crippen LogP contribution in [0.4, 0.5) is 0 Å². The van der Waals surface area contributed by atoms with E-state index in [2.05, 4.69) is 0 Å². The molecule has 0 aliphatic heterocycles. The molecule has 0 unspecified atom stereocenters. The molecule has 0 aliphatic carbocycles. The molecule has 0 spiro atoms. The van der Waals surface area contributed by atoms with Gasteiger partial charge in [0.25, 0.3) is 0 Å². The van der Waals surface area contributed by atoms with E-state index in [4.69, 9.17) is 9.47 Å². The minimum Gasteiger partial charge on any atom is -0.488 e. The molecule has 0 N–H and O–H groups in total. The van der Waals surface area contributed by atoms with Crippen LogP contribution in [0.15, 0.2) is 48.5 Å². The molecule has 140 valence electrons. The van der Waals surface area contributed by atoms with Crippen LogP contribution in [0.1, 0.15) is 62.3 Å². The smallest absolute Gasteiger partial charge is 0.153 e. The Labute approximate surface area is 156 Å². The van der Waals surface area contributed by atoms with Crippen molar-refractivity contribution < 1.29 is 19.1 Å². The van der Waals surface area contributed by atoms with Gasteiger partial charge in [-0.15, -0.1) is 0 Å². The first-order chi connectivity index (χ1) is 12.0. The molecule has 0 saturated carbocycles. The van der Waals surface area contributed by atoms with Gasteiger partial charge in [-0.2, -0.15) is 0 Å². The lowest BCUT2D eigenvalue weighted by molar-refractivity contribution is 0.109. The van der Waals surface area contributed by atoms with E-state index in [-0.39, 0.29) is 11.2 Å². The number of hydrogen-bond donors (Lipinski definition) is 0. The minimum atomic E-state index is -0.265. The lowest BCUT2D eigenvalue weighted by atomic mass is 10.1. The Kier molecular flexibility index (Phi) is 7.56. The van der Waals surface area contributed by atoms with Crippen LogP contribution in [0.25, 0.3) is 0 Å². The van der Waals surface area contributed by atoms with Gasteiger partial charge < -0.3 is 9.47 Å². The van der Waals surface area contributed by atoms with Gasteiger partial charge in [0.15, 0.2) is 6.29 Å². The summed E-state index contributed by atoms with van der Waals surface area (Å²) in [6.07, 6.45) is 1.62. The average Bonchev–Trinajstić information content (AvgIpc) is 2.53. The maximum atomic E-state index is 10.6. The summed E-state index contributed by atoms with van der Waals surface area (Å²) in [5.41, 5.74) is 0.750. The van der Waals surface area contributed by atoms with E-state index in [1.807, 2.05) is 65.8 Å². The number of carbonyl (C=O) groups is 2. The lowest BCUT2D eigenvalue weighted by Crippen LogP contribution is -2.23. The Hall–Kier alpha value is -2.62. The SMILES string of the molecule is CC(C)(C)Oc1cccc(C=O)c1.CC(C)(C)Oc1ccccc1C=O. The molecule has 0 heterocycles. The van der Waals surface area contributed by atoms with Gasteiger partial charge in [-0.3, -0.25) is 9.59 Å². The zero-order valence-electron chi connectivity index (χ0n) is 16.4. The fourth-order valence-corrected chi connectivity index (χ4v) is 2.01. The maximum absolute atomic E-state index is 10.6. The molecule has 0 bridgehead atoms. The van der Waals surface area contributed by atoms with Gasteiger partial charge in [-0.1, -0.05) is 24.3 Å². The summed E-state index contributed by atoms with van der Waals surface area (Å²) in [4.78, 5) is 21.1. The average molecular weight is 356 g/mol. The topological polar surface area (TPSA) is 52.6 Å². The van der Waals surface area contributed by atoms with Crippen molar-refractivity contribution >= 4 is 12.6 Å². The molecule has 2 aromatic carbocycles. The van der Waals surface area contributed by atoms with Crippen molar-refractivity contribution in [3.63, 3.8) is 0 Å². The number of benzene rings is 2. The summed E-state index contributed by atoms with van der Waals surface area (Å²) in [7, 11) is 0. The molecular weight excluding hydrogens is 328 g/mol. The van der Waals surface area contributed by atoms with Crippen LogP contribution in [-0.4, -0.2) is 23.8 Å². The molecule has 0 radical (unpaired) electrons. The molecule has 0 atom stereocenters. The van der Waals surface area contributed by atoms with Gasteiger partial charge in [0.05, 0.1) is 5.56 Å². The third kappa shape index (κ3) is 8.47. The number of aldehydes is 2. The summed E-state index contributed by atoms with van der Waals surface area (Å²) < 4.78 is 11.2. The number of carbonyl (C=O) groups excluding carboxylic acids is 2. The summed E-state index contributed by atoms with van der Waals surface area (Å²) in [6.45, 7) is 11.8. The van der Waals surface area contributed by atoms with Gasteiger partial charge in [0.2, 0.25) is 0 Å². The van der Waals surface area contributed by atoms with Gasteiger partial charge in [-0.25, -0.2) is 0 Å². The summed E-state index contributed by atoms with van der Waals surface area (Å²) in [6, 6.07) is 14.4. The number of rotatable bonds is 4. The minimum absolute atomic E-state index is 0.221. The normalized spacial score (nSPS) is 11.0. The monoisotopic (exact) mass is 356 g/mol. The Morgan fingerprint density at radius 1 is 0.731 bits per heavy atom.